The molecule has 0 fully saturated rings. The van der Waals surface area contributed by atoms with Crippen LogP contribution >= 0.6 is 12.2 Å². The fourth-order valence-corrected chi connectivity index (χ4v) is 1.73. The predicted octanol–water partition coefficient (Wildman–Crippen LogP) is 0.902. The molecule has 7 heteroatoms. The highest BCUT2D eigenvalue weighted by Crippen LogP contribution is 2.05. The van der Waals surface area contributed by atoms with Gasteiger partial charge in [-0.15, -0.1) is 0 Å². The quantitative estimate of drug-likeness (QED) is 0.446. The fourth-order valence-electron chi connectivity index (χ4n) is 1.68. The van der Waals surface area contributed by atoms with Crippen molar-refractivity contribution in [3.63, 3.8) is 0 Å². The summed E-state index contributed by atoms with van der Waals surface area (Å²) in [7, 11) is 1.69. The highest BCUT2D eigenvalue weighted by atomic mass is 32.1. The Kier molecular flexibility index (Phi) is 4.31. The van der Waals surface area contributed by atoms with Crippen LogP contribution in [-0.2, 0) is 0 Å². The molecule has 1 heterocycles. The third-order valence-corrected chi connectivity index (χ3v) is 3.01. The van der Waals surface area contributed by atoms with Crippen LogP contribution in [0, 0.1) is 6.92 Å². The first-order valence-corrected chi connectivity index (χ1v) is 6.42. The number of hydrogen-bond acceptors (Lipinski definition) is 3. The molecule has 0 spiro atoms. The van der Waals surface area contributed by atoms with E-state index in [0.29, 0.717) is 10.7 Å². The second-order valence-electron chi connectivity index (χ2n) is 4.08. The van der Waals surface area contributed by atoms with Crippen LogP contribution in [0.4, 0.5) is 0 Å². The molecule has 0 atom stereocenters. The third-order valence-electron chi connectivity index (χ3n) is 2.72. The lowest BCUT2D eigenvalue weighted by molar-refractivity contribution is 0.835. The number of nitrogens with zero attached hydrogens (tertiary/aromatic N) is 2. The molecule has 0 saturated heterocycles. The van der Waals surface area contributed by atoms with Gasteiger partial charge in [0.2, 0.25) is 0 Å². The van der Waals surface area contributed by atoms with Gasteiger partial charge in [-0.05, 0) is 31.3 Å². The number of benzene rings is 1. The van der Waals surface area contributed by atoms with Crippen molar-refractivity contribution in [3.05, 3.63) is 51.9 Å². The number of aryl methyl sites for hydroxylation is 1. The summed E-state index contributed by atoms with van der Waals surface area (Å²) in [6.07, 6.45) is 1.46. The third kappa shape index (κ3) is 2.94. The van der Waals surface area contributed by atoms with Crippen LogP contribution in [0.1, 0.15) is 11.3 Å². The van der Waals surface area contributed by atoms with Gasteiger partial charge in [0.25, 0.3) is 5.56 Å². The van der Waals surface area contributed by atoms with Crippen molar-refractivity contribution in [2.24, 2.45) is 5.10 Å². The summed E-state index contributed by atoms with van der Waals surface area (Å²) in [5.41, 5.74) is 4.45. The lowest BCUT2D eigenvalue weighted by atomic mass is 10.3. The second kappa shape index (κ2) is 6.16. The lowest BCUT2D eigenvalue weighted by Gasteiger charge is -1.99. The average molecular weight is 289 g/mol. The molecule has 0 aliphatic rings. The second-order valence-corrected chi connectivity index (χ2v) is 4.48. The lowest BCUT2D eigenvalue weighted by Crippen LogP contribution is -2.28. The Morgan fingerprint density at radius 1 is 1.40 bits per heavy atom. The Bertz CT molecular complexity index is 687. The van der Waals surface area contributed by atoms with Crippen LogP contribution < -0.4 is 16.3 Å². The number of nitrogens with one attached hydrogen (secondary N) is 3. The molecule has 1 aromatic heterocycles. The first-order valence-electron chi connectivity index (χ1n) is 6.01. The van der Waals surface area contributed by atoms with E-state index in [4.69, 9.17) is 12.2 Å². The topological polar surface area (TPSA) is 74.2 Å². The summed E-state index contributed by atoms with van der Waals surface area (Å²) in [4.78, 5) is 12.3. The molecular formula is C13H15N5OS. The molecule has 1 aromatic carbocycles. The van der Waals surface area contributed by atoms with Crippen molar-refractivity contribution in [1.29, 1.82) is 0 Å². The SMILES string of the molecule is CNC(=S)N/N=C/c1c(C)[nH]n(-c2ccccc2)c1=O. The van der Waals surface area contributed by atoms with Crippen LogP contribution in [0.2, 0.25) is 0 Å². The summed E-state index contributed by atoms with van der Waals surface area (Å²) >= 11 is 4.89. The zero-order valence-electron chi connectivity index (χ0n) is 11.2. The van der Waals surface area contributed by atoms with Gasteiger partial charge < -0.3 is 5.32 Å². The summed E-state index contributed by atoms with van der Waals surface area (Å²) < 4.78 is 1.48. The highest BCUT2D eigenvalue weighted by molar-refractivity contribution is 7.80. The van der Waals surface area contributed by atoms with Gasteiger partial charge in [0.15, 0.2) is 5.11 Å². The molecule has 2 aromatic rings. The summed E-state index contributed by atoms with van der Waals surface area (Å²) in [5, 5.41) is 10.1. The number of thiocarbonyl (C=S) groups is 1. The van der Waals surface area contributed by atoms with Crippen LogP contribution in [0.3, 0.4) is 0 Å². The normalized spacial score (nSPS) is 10.7. The Balaban J connectivity index is 2.31. The summed E-state index contributed by atoms with van der Waals surface area (Å²) in [5.74, 6) is 0. The predicted molar refractivity (Wildman–Crippen MR) is 83.5 cm³/mol. The summed E-state index contributed by atoms with van der Waals surface area (Å²) in [6, 6.07) is 9.35. The van der Waals surface area contributed by atoms with Crippen molar-refractivity contribution < 1.29 is 0 Å². The first kappa shape index (κ1) is 14.0. The maximum absolute atomic E-state index is 12.3. The van der Waals surface area contributed by atoms with E-state index in [1.54, 1.807) is 7.05 Å². The minimum atomic E-state index is -0.158. The van der Waals surface area contributed by atoms with Gasteiger partial charge in [-0.3, -0.25) is 15.3 Å². The molecule has 3 N–H and O–H groups in total. The Labute approximate surface area is 121 Å². The van der Waals surface area contributed by atoms with Gasteiger partial charge in [-0.1, -0.05) is 18.2 Å². The molecular weight excluding hydrogens is 274 g/mol. The van der Waals surface area contributed by atoms with Crippen LogP contribution in [0.25, 0.3) is 5.69 Å². The van der Waals surface area contributed by atoms with Crippen LogP contribution in [0.5, 0.6) is 0 Å². The van der Waals surface area contributed by atoms with E-state index in [9.17, 15) is 4.79 Å². The van der Waals surface area contributed by atoms with Crippen LogP contribution in [-0.4, -0.2) is 28.2 Å². The standard InChI is InChI=1S/C13H15N5OS/c1-9-11(8-15-16-13(20)14-2)12(19)18(17-9)10-6-4-3-5-7-10/h3-8,17H,1-2H3,(H2,14,16,20)/b15-8+. The first-order chi connectivity index (χ1) is 9.63. The van der Waals surface area contributed by atoms with Crippen molar-refractivity contribution >= 4 is 23.5 Å². The van der Waals surface area contributed by atoms with E-state index < -0.39 is 0 Å². The minimum absolute atomic E-state index is 0.158. The molecule has 0 bridgehead atoms. The molecule has 6 nitrogen and oxygen atoms in total. The van der Waals surface area contributed by atoms with Gasteiger partial charge >= 0.3 is 0 Å². The van der Waals surface area contributed by atoms with Gasteiger partial charge in [0, 0.05) is 12.7 Å². The zero-order chi connectivity index (χ0) is 14.5. The van der Waals surface area contributed by atoms with E-state index in [0.717, 1.165) is 11.4 Å². The largest absolute Gasteiger partial charge is 0.364 e. The number of aromatic nitrogens is 2. The monoisotopic (exact) mass is 289 g/mol. The molecule has 0 unspecified atom stereocenters. The maximum atomic E-state index is 12.3. The molecule has 2 rings (SSSR count). The maximum Gasteiger partial charge on any atom is 0.280 e. The fraction of sp³-hybridized carbons (Fsp3) is 0.154. The van der Waals surface area contributed by atoms with Crippen molar-refractivity contribution in [2.45, 2.75) is 6.92 Å². The Morgan fingerprint density at radius 3 is 2.75 bits per heavy atom. The van der Waals surface area contributed by atoms with E-state index >= 15 is 0 Å². The number of para-hydroxylation sites is 1. The smallest absolute Gasteiger partial charge is 0.280 e. The van der Waals surface area contributed by atoms with Gasteiger partial charge in [-0.25, -0.2) is 4.68 Å². The Morgan fingerprint density at radius 2 is 2.10 bits per heavy atom. The van der Waals surface area contributed by atoms with Crippen molar-refractivity contribution in [2.75, 3.05) is 7.05 Å². The number of rotatable bonds is 3. The number of aromatic amines is 1. The molecule has 0 aliphatic heterocycles. The van der Waals surface area contributed by atoms with Crippen molar-refractivity contribution in [3.8, 4) is 5.69 Å². The van der Waals surface area contributed by atoms with Gasteiger partial charge in [0.05, 0.1) is 17.5 Å². The Hall–Kier alpha value is -2.41. The zero-order valence-corrected chi connectivity index (χ0v) is 12.0. The summed E-state index contributed by atoms with van der Waals surface area (Å²) in [6.45, 7) is 1.82. The van der Waals surface area contributed by atoms with E-state index in [-0.39, 0.29) is 5.56 Å². The molecule has 0 radical (unpaired) electrons. The molecule has 0 aliphatic carbocycles. The van der Waals surface area contributed by atoms with Gasteiger partial charge in [-0.2, -0.15) is 5.10 Å². The van der Waals surface area contributed by atoms with E-state index in [2.05, 4.69) is 20.9 Å². The van der Waals surface area contributed by atoms with E-state index in [1.807, 2.05) is 37.3 Å². The van der Waals surface area contributed by atoms with E-state index in [1.165, 1.54) is 10.9 Å². The number of hydrazone groups is 1. The minimum Gasteiger partial charge on any atom is -0.364 e. The molecule has 104 valence electrons. The number of H-pyrrole nitrogens is 1. The van der Waals surface area contributed by atoms with Crippen molar-refractivity contribution in [1.82, 2.24) is 20.5 Å². The highest BCUT2D eigenvalue weighted by Gasteiger charge is 2.10. The molecule has 20 heavy (non-hydrogen) atoms. The van der Waals surface area contributed by atoms with Crippen LogP contribution in [0.15, 0.2) is 40.2 Å². The van der Waals surface area contributed by atoms with Gasteiger partial charge in [0.1, 0.15) is 0 Å². The molecule has 0 saturated carbocycles. The molecule has 0 amide bonds. The number of hydrogen-bond donors (Lipinski definition) is 3. The average Bonchev–Trinajstić information content (AvgIpc) is 2.75.